The number of ether oxygens (including phenoxy) is 1. The quantitative estimate of drug-likeness (QED) is 0.589. The number of amides is 1. The molecule has 0 fully saturated rings. The molecule has 1 amide bonds. The van der Waals surface area contributed by atoms with Gasteiger partial charge in [-0.3, -0.25) is 9.52 Å². The van der Waals surface area contributed by atoms with E-state index in [4.69, 9.17) is 4.74 Å². The summed E-state index contributed by atoms with van der Waals surface area (Å²) >= 11 is 0. The van der Waals surface area contributed by atoms with Gasteiger partial charge in [-0.15, -0.1) is 0 Å². The van der Waals surface area contributed by atoms with Gasteiger partial charge in [-0.1, -0.05) is 18.2 Å². The van der Waals surface area contributed by atoms with E-state index >= 15 is 0 Å². The number of halogens is 2. The smallest absolute Gasteiger partial charge is 0.262 e. The number of para-hydroxylation sites is 1. The normalized spacial score (nSPS) is 11.0. The van der Waals surface area contributed by atoms with Crippen LogP contribution in [-0.4, -0.2) is 20.9 Å². The van der Waals surface area contributed by atoms with Gasteiger partial charge in [0, 0.05) is 6.07 Å². The molecule has 2 N–H and O–H groups in total. The molecule has 0 radical (unpaired) electrons. The second-order valence-electron chi connectivity index (χ2n) is 6.35. The van der Waals surface area contributed by atoms with Crippen LogP contribution in [0.2, 0.25) is 0 Å². The predicted molar refractivity (Wildman–Crippen MR) is 109 cm³/mol. The lowest BCUT2D eigenvalue weighted by Crippen LogP contribution is -2.21. The van der Waals surface area contributed by atoms with Crippen LogP contribution in [0.15, 0.2) is 71.6 Å². The Morgan fingerprint density at radius 1 is 0.967 bits per heavy atom. The zero-order valence-electron chi connectivity index (χ0n) is 15.9. The zero-order valence-corrected chi connectivity index (χ0v) is 16.7. The van der Waals surface area contributed by atoms with Gasteiger partial charge < -0.3 is 10.1 Å². The van der Waals surface area contributed by atoms with Crippen molar-refractivity contribution in [3.63, 3.8) is 0 Å². The van der Waals surface area contributed by atoms with Crippen molar-refractivity contribution < 1.29 is 26.7 Å². The van der Waals surface area contributed by atoms with Crippen molar-refractivity contribution in [3.8, 4) is 5.75 Å². The second-order valence-corrected chi connectivity index (χ2v) is 8.04. The lowest BCUT2D eigenvalue weighted by atomic mass is 10.2. The monoisotopic (exact) mass is 432 g/mol. The maximum absolute atomic E-state index is 13.6. The molecule has 0 aliphatic heterocycles. The number of aryl methyl sites for hydroxylation is 1. The summed E-state index contributed by atoms with van der Waals surface area (Å²) in [4.78, 5) is 11.9. The van der Waals surface area contributed by atoms with Crippen molar-refractivity contribution in [2.24, 2.45) is 0 Å². The van der Waals surface area contributed by atoms with Gasteiger partial charge in [0.05, 0.1) is 16.3 Å². The van der Waals surface area contributed by atoms with Gasteiger partial charge in [0.25, 0.3) is 15.9 Å². The summed E-state index contributed by atoms with van der Waals surface area (Å²) in [5.41, 5.74) is 1.08. The third kappa shape index (κ3) is 5.32. The Hall–Kier alpha value is -3.46. The SMILES string of the molecule is Cc1ccccc1NS(=O)(=O)c1ccc(OCC(=O)Nc2ccc(F)cc2F)cc1. The highest BCUT2D eigenvalue weighted by molar-refractivity contribution is 7.92. The zero-order chi connectivity index (χ0) is 21.7. The van der Waals surface area contributed by atoms with E-state index in [0.717, 1.165) is 17.7 Å². The van der Waals surface area contributed by atoms with E-state index in [0.29, 0.717) is 11.8 Å². The van der Waals surface area contributed by atoms with Gasteiger partial charge in [0.1, 0.15) is 17.4 Å². The molecule has 0 aromatic heterocycles. The summed E-state index contributed by atoms with van der Waals surface area (Å²) in [6.45, 7) is 1.35. The molecule has 0 heterocycles. The van der Waals surface area contributed by atoms with E-state index < -0.39 is 34.2 Å². The standard InChI is InChI=1S/C21H18F2N2O4S/c1-14-4-2-3-5-19(14)25-30(27,28)17-9-7-16(8-10-17)29-13-21(26)24-20-11-6-15(22)12-18(20)23/h2-12,25H,13H2,1H3,(H,24,26). The topological polar surface area (TPSA) is 84.5 Å². The first-order valence-electron chi connectivity index (χ1n) is 8.81. The Morgan fingerprint density at radius 3 is 2.33 bits per heavy atom. The Bertz CT molecular complexity index is 1170. The van der Waals surface area contributed by atoms with Gasteiger partial charge in [-0.25, -0.2) is 17.2 Å². The van der Waals surface area contributed by atoms with Gasteiger partial charge in [-0.2, -0.15) is 0 Å². The molecule has 0 atom stereocenters. The number of hydrogen-bond donors (Lipinski definition) is 2. The fourth-order valence-corrected chi connectivity index (χ4v) is 3.66. The van der Waals surface area contributed by atoms with Crippen molar-refractivity contribution in [2.75, 3.05) is 16.6 Å². The first kappa shape index (κ1) is 21.3. The molecule has 30 heavy (non-hydrogen) atoms. The molecule has 3 aromatic rings. The second kappa shape index (κ2) is 8.91. The molecule has 9 heteroatoms. The molecule has 0 spiro atoms. The van der Waals surface area contributed by atoms with E-state index in [2.05, 4.69) is 10.0 Å². The van der Waals surface area contributed by atoms with Crippen LogP contribution in [-0.2, 0) is 14.8 Å². The summed E-state index contributed by atoms with van der Waals surface area (Å²) in [5, 5.41) is 2.26. The summed E-state index contributed by atoms with van der Waals surface area (Å²) in [7, 11) is -3.79. The lowest BCUT2D eigenvalue weighted by molar-refractivity contribution is -0.118. The fraction of sp³-hybridized carbons (Fsp3) is 0.0952. The van der Waals surface area contributed by atoms with Crippen LogP contribution in [0.3, 0.4) is 0 Å². The lowest BCUT2D eigenvalue weighted by Gasteiger charge is -2.11. The average Bonchev–Trinajstić information content (AvgIpc) is 2.70. The third-order valence-electron chi connectivity index (χ3n) is 4.10. The van der Waals surface area contributed by atoms with Crippen LogP contribution in [0.25, 0.3) is 0 Å². The minimum atomic E-state index is -3.79. The maximum Gasteiger partial charge on any atom is 0.262 e. The number of sulfonamides is 1. The number of nitrogens with one attached hydrogen (secondary N) is 2. The molecular formula is C21H18F2N2O4S. The highest BCUT2D eigenvalue weighted by Gasteiger charge is 2.15. The Kier molecular flexibility index (Phi) is 6.31. The number of hydrogen-bond acceptors (Lipinski definition) is 4. The molecule has 0 bridgehead atoms. The molecule has 6 nitrogen and oxygen atoms in total. The van der Waals surface area contributed by atoms with Gasteiger partial charge in [0.15, 0.2) is 6.61 Å². The Balaban J connectivity index is 1.60. The molecule has 0 aliphatic rings. The van der Waals surface area contributed by atoms with Crippen molar-refractivity contribution in [1.29, 1.82) is 0 Å². The minimum Gasteiger partial charge on any atom is -0.484 e. The van der Waals surface area contributed by atoms with Crippen molar-refractivity contribution in [1.82, 2.24) is 0 Å². The average molecular weight is 432 g/mol. The molecule has 0 saturated carbocycles. The van der Waals surface area contributed by atoms with Crippen molar-refractivity contribution >= 4 is 27.3 Å². The summed E-state index contributed by atoms with van der Waals surface area (Å²) in [6, 6.07) is 15.2. The summed E-state index contributed by atoms with van der Waals surface area (Å²) in [5.74, 6) is -2.06. The largest absolute Gasteiger partial charge is 0.484 e. The van der Waals surface area contributed by atoms with Crippen LogP contribution in [0.5, 0.6) is 5.75 Å². The summed E-state index contributed by atoms with van der Waals surface area (Å²) < 4.78 is 59.3. The van der Waals surface area contributed by atoms with Gasteiger partial charge >= 0.3 is 0 Å². The number of carbonyl (C=O) groups is 1. The number of rotatable bonds is 7. The molecule has 3 aromatic carbocycles. The van der Waals surface area contributed by atoms with Crippen LogP contribution in [0, 0.1) is 18.6 Å². The van der Waals surface area contributed by atoms with E-state index in [1.807, 2.05) is 0 Å². The van der Waals surface area contributed by atoms with E-state index in [-0.39, 0.29) is 16.3 Å². The van der Waals surface area contributed by atoms with Crippen LogP contribution < -0.4 is 14.8 Å². The van der Waals surface area contributed by atoms with Crippen LogP contribution >= 0.6 is 0 Å². The molecular weight excluding hydrogens is 414 g/mol. The third-order valence-corrected chi connectivity index (χ3v) is 5.48. The van der Waals surface area contributed by atoms with Gasteiger partial charge in [-0.05, 0) is 55.0 Å². The predicted octanol–water partition coefficient (Wildman–Crippen LogP) is 4.09. The van der Waals surface area contributed by atoms with Gasteiger partial charge in [0.2, 0.25) is 0 Å². The van der Waals surface area contributed by atoms with Crippen molar-refractivity contribution in [2.45, 2.75) is 11.8 Å². The fourth-order valence-electron chi connectivity index (χ4n) is 2.53. The number of anilines is 2. The van der Waals surface area contributed by atoms with Crippen LogP contribution in [0.4, 0.5) is 20.2 Å². The Morgan fingerprint density at radius 2 is 1.67 bits per heavy atom. The van der Waals surface area contributed by atoms with E-state index in [1.165, 1.54) is 24.3 Å². The van der Waals surface area contributed by atoms with Crippen molar-refractivity contribution in [3.05, 3.63) is 83.9 Å². The van der Waals surface area contributed by atoms with E-state index in [1.54, 1.807) is 31.2 Å². The molecule has 3 rings (SSSR count). The Labute approximate surface area is 172 Å². The molecule has 0 unspecified atom stereocenters. The molecule has 0 saturated heterocycles. The number of carbonyl (C=O) groups excluding carboxylic acids is 1. The molecule has 156 valence electrons. The first-order chi connectivity index (χ1) is 14.2. The molecule has 0 aliphatic carbocycles. The summed E-state index contributed by atoms with van der Waals surface area (Å²) in [6.07, 6.45) is 0. The minimum absolute atomic E-state index is 0.0240. The number of benzene rings is 3. The van der Waals surface area contributed by atoms with E-state index in [9.17, 15) is 22.0 Å². The highest BCUT2D eigenvalue weighted by atomic mass is 32.2. The highest BCUT2D eigenvalue weighted by Crippen LogP contribution is 2.21. The first-order valence-corrected chi connectivity index (χ1v) is 10.3. The van der Waals surface area contributed by atoms with Crippen LogP contribution in [0.1, 0.15) is 5.56 Å². The maximum atomic E-state index is 13.6.